The number of nitrogens with two attached hydrogens (primary N) is 1. The largest absolute Gasteiger partial charge is 0.370 e. The number of hydrogen-bond acceptors (Lipinski definition) is 5. The Morgan fingerprint density at radius 1 is 1.10 bits per heavy atom. The minimum absolute atomic E-state index is 0.0762. The van der Waals surface area contributed by atoms with Crippen molar-refractivity contribution in [3.05, 3.63) is 65.7 Å². The number of sulfonamides is 1. The van der Waals surface area contributed by atoms with Gasteiger partial charge in [0.1, 0.15) is 5.82 Å². The average Bonchev–Trinajstić information content (AvgIpc) is 3.51. The maximum Gasteiger partial charge on any atom is 0.252 e. The number of nitrogens with one attached hydrogen (secondary N) is 2. The van der Waals surface area contributed by atoms with Gasteiger partial charge >= 0.3 is 0 Å². The number of para-hydroxylation sites is 1. The van der Waals surface area contributed by atoms with Crippen LogP contribution in [0.25, 0.3) is 10.9 Å². The Kier molecular flexibility index (Phi) is 5.21. The smallest absolute Gasteiger partial charge is 0.252 e. The fraction of sp³-hybridized carbons (Fsp3) is 0.238. The zero-order chi connectivity index (χ0) is 20.4. The van der Waals surface area contributed by atoms with Crippen molar-refractivity contribution in [3.8, 4) is 0 Å². The van der Waals surface area contributed by atoms with Gasteiger partial charge in [-0.05, 0) is 49.1 Å². The fourth-order valence-corrected chi connectivity index (χ4v) is 3.64. The van der Waals surface area contributed by atoms with Crippen molar-refractivity contribution in [3.63, 3.8) is 0 Å². The van der Waals surface area contributed by atoms with Gasteiger partial charge in [-0.2, -0.15) is 0 Å². The number of anilines is 1. The lowest BCUT2D eigenvalue weighted by atomic mass is 10.1. The van der Waals surface area contributed by atoms with Crippen LogP contribution in [-0.4, -0.2) is 31.9 Å². The predicted molar refractivity (Wildman–Crippen MR) is 112 cm³/mol. The van der Waals surface area contributed by atoms with E-state index in [9.17, 15) is 13.2 Å². The highest BCUT2D eigenvalue weighted by molar-refractivity contribution is 7.89. The second-order valence-corrected chi connectivity index (χ2v) is 8.75. The molecule has 0 spiro atoms. The number of carbonyl (C=O) groups excluding carboxylic acids is 1. The Labute approximate surface area is 169 Å². The van der Waals surface area contributed by atoms with Crippen LogP contribution in [0.2, 0.25) is 0 Å². The Hall–Kier alpha value is -2.97. The molecule has 1 aliphatic carbocycles. The summed E-state index contributed by atoms with van der Waals surface area (Å²) >= 11 is 0. The lowest BCUT2D eigenvalue weighted by molar-refractivity contribution is 0.0952. The molecule has 0 radical (unpaired) electrons. The highest BCUT2D eigenvalue weighted by Crippen LogP contribution is 2.24. The summed E-state index contributed by atoms with van der Waals surface area (Å²) in [5, 5.41) is 12.2. The molecule has 1 fully saturated rings. The van der Waals surface area contributed by atoms with Crippen molar-refractivity contribution in [2.75, 3.05) is 11.9 Å². The molecular weight excluding hydrogens is 388 g/mol. The van der Waals surface area contributed by atoms with Gasteiger partial charge in [0.05, 0.1) is 16.0 Å². The molecule has 4 rings (SSSR count). The molecule has 4 N–H and O–H groups in total. The summed E-state index contributed by atoms with van der Waals surface area (Å²) in [6, 6.07) is 16.1. The third-order valence-electron chi connectivity index (χ3n) is 4.85. The average molecular weight is 410 g/mol. The summed E-state index contributed by atoms with van der Waals surface area (Å²) < 4.78 is 22.7. The van der Waals surface area contributed by atoms with Crippen molar-refractivity contribution >= 4 is 32.7 Å². The van der Waals surface area contributed by atoms with Gasteiger partial charge in [-0.3, -0.25) is 4.79 Å². The Balaban J connectivity index is 1.48. The molecule has 2 aromatic carbocycles. The number of fused-ring (bicyclic) bond motifs is 1. The molecule has 150 valence electrons. The summed E-state index contributed by atoms with van der Waals surface area (Å²) in [7, 11) is -3.68. The lowest BCUT2D eigenvalue weighted by Gasteiger charge is -2.11. The quantitative estimate of drug-likeness (QED) is 0.553. The van der Waals surface area contributed by atoms with Gasteiger partial charge < -0.3 is 10.6 Å². The fourth-order valence-electron chi connectivity index (χ4n) is 3.13. The van der Waals surface area contributed by atoms with E-state index >= 15 is 0 Å². The topological polar surface area (TPSA) is 114 Å². The molecule has 1 aromatic heterocycles. The first kappa shape index (κ1) is 19.4. The molecule has 0 aliphatic heterocycles. The number of nitrogens with zero attached hydrogens (tertiary/aromatic N) is 1. The van der Waals surface area contributed by atoms with E-state index in [1.807, 2.05) is 24.3 Å². The van der Waals surface area contributed by atoms with Gasteiger partial charge in [-0.15, -0.1) is 0 Å². The number of carbonyl (C=O) groups is 1. The zero-order valence-electron chi connectivity index (χ0n) is 15.8. The Morgan fingerprint density at radius 2 is 1.83 bits per heavy atom. The molecule has 0 saturated heterocycles. The van der Waals surface area contributed by atoms with Crippen LogP contribution in [0.1, 0.15) is 28.8 Å². The number of hydrogen-bond donors (Lipinski definition) is 3. The third kappa shape index (κ3) is 4.72. The molecule has 3 aromatic rings. The summed E-state index contributed by atoms with van der Waals surface area (Å²) in [5.74, 6) is 0.554. The molecule has 0 atom stereocenters. The van der Waals surface area contributed by atoms with E-state index in [1.54, 1.807) is 18.2 Å². The van der Waals surface area contributed by atoms with Crippen molar-refractivity contribution in [1.29, 1.82) is 0 Å². The van der Waals surface area contributed by atoms with Crippen molar-refractivity contribution in [2.24, 2.45) is 5.14 Å². The van der Waals surface area contributed by atoms with Gasteiger partial charge in [-0.1, -0.05) is 30.3 Å². The van der Waals surface area contributed by atoms with E-state index < -0.39 is 10.0 Å². The minimum Gasteiger partial charge on any atom is -0.370 e. The van der Waals surface area contributed by atoms with Crippen molar-refractivity contribution < 1.29 is 13.2 Å². The molecular formula is C21H22N4O3S. The second-order valence-electron chi connectivity index (χ2n) is 7.19. The summed E-state index contributed by atoms with van der Waals surface area (Å²) in [4.78, 5) is 17.3. The van der Waals surface area contributed by atoms with Gasteiger partial charge in [0, 0.05) is 18.0 Å². The van der Waals surface area contributed by atoms with Crippen LogP contribution in [0.4, 0.5) is 5.82 Å². The molecule has 8 heteroatoms. The van der Waals surface area contributed by atoms with Gasteiger partial charge in [0.25, 0.3) is 5.91 Å². The standard InChI is InChI=1S/C21H22N4O3S/c22-29(27,28)16-9-5-14(6-10-16)11-12-23-20-13-18(21(26)24-15-7-8-15)17-3-1-2-4-19(17)25-20/h1-6,9-10,13,15H,7-8,11-12H2,(H,23,25)(H,24,26)(H2,22,27,28). The predicted octanol–water partition coefficient (Wildman–Crippen LogP) is 2.43. The normalized spacial score (nSPS) is 14.0. The van der Waals surface area contributed by atoms with Crippen LogP contribution in [0, 0.1) is 0 Å². The number of aromatic nitrogens is 1. The summed E-state index contributed by atoms with van der Waals surface area (Å²) in [6.07, 6.45) is 2.73. The number of pyridine rings is 1. The van der Waals surface area contributed by atoms with Crippen molar-refractivity contribution in [1.82, 2.24) is 10.3 Å². The molecule has 1 saturated carbocycles. The first-order valence-electron chi connectivity index (χ1n) is 9.46. The number of benzene rings is 2. The molecule has 29 heavy (non-hydrogen) atoms. The molecule has 1 aliphatic rings. The van der Waals surface area contributed by atoms with Crippen LogP contribution in [-0.2, 0) is 16.4 Å². The van der Waals surface area contributed by atoms with Gasteiger partial charge in [-0.25, -0.2) is 18.5 Å². The number of primary sulfonamides is 1. The van der Waals surface area contributed by atoms with E-state index in [2.05, 4.69) is 15.6 Å². The molecule has 0 unspecified atom stereocenters. The van der Waals surface area contributed by atoms with Crippen LogP contribution in [0.5, 0.6) is 0 Å². The van der Waals surface area contributed by atoms with E-state index in [0.29, 0.717) is 24.3 Å². The number of rotatable bonds is 7. The zero-order valence-corrected chi connectivity index (χ0v) is 16.6. The van der Waals surface area contributed by atoms with Crippen LogP contribution in [0.15, 0.2) is 59.5 Å². The third-order valence-corrected chi connectivity index (χ3v) is 5.77. The molecule has 7 nitrogen and oxygen atoms in total. The van der Waals surface area contributed by atoms with Gasteiger partial charge in [0.15, 0.2) is 0 Å². The van der Waals surface area contributed by atoms with Crippen molar-refractivity contribution in [2.45, 2.75) is 30.2 Å². The first-order valence-corrected chi connectivity index (χ1v) is 11.0. The number of amides is 1. The minimum atomic E-state index is -3.68. The molecule has 1 amide bonds. The molecule has 0 bridgehead atoms. The highest BCUT2D eigenvalue weighted by atomic mass is 32.2. The van der Waals surface area contributed by atoms with Crippen LogP contribution < -0.4 is 15.8 Å². The maximum absolute atomic E-state index is 12.6. The van der Waals surface area contributed by atoms with E-state index in [4.69, 9.17) is 5.14 Å². The van der Waals surface area contributed by atoms with E-state index in [1.165, 1.54) is 12.1 Å². The Bertz CT molecular complexity index is 1160. The van der Waals surface area contributed by atoms with Crippen LogP contribution in [0.3, 0.4) is 0 Å². The summed E-state index contributed by atoms with van der Waals surface area (Å²) in [6.45, 7) is 0.587. The van der Waals surface area contributed by atoms with Crippen LogP contribution >= 0.6 is 0 Å². The Morgan fingerprint density at radius 3 is 2.52 bits per heavy atom. The monoisotopic (exact) mass is 410 g/mol. The SMILES string of the molecule is NS(=O)(=O)c1ccc(CCNc2cc(C(=O)NC3CC3)c3ccccc3n2)cc1. The van der Waals surface area contributed by atoms with E-state index in [-0.39, 0.29) is 16.8 Å². The first-order chi connectivity index (χ1) is 13.9. The second kappa shape index (κ2) is 7.81. The summed E-state index contributed by atoms with van der Waals surface area (Å²) in [5.41, 5.74) is 2.34. The lowest BCUT2D eigenvalue weighted by Crippen LogP contribution is -2.25. The van der Waals surface area contributed by atoms with Gasteiger partial charge in [0.2, 0.25) is 10.0 Å². The maximum atomic E-state index is 12.6. The molecule has 1 heterocycles. The highest BCUT2D eigenvalue weighted by Gasteiger charge is 2.25. The van der Waals surface area contributed by atoms with E-state index in [0.717, 1.165) is 29.3 Å².